The number of aromatic nitrogens is 2. The molecule has 0 spiro atoms. The summed E-state index contributed by atoms with van der Waals surface area (Å²) in [5.74, 6) is 0. The van der Waals surface area contributed by atoms with Crippen molar-refractivity contribution in [3.05, 3.63) is 31.3 Å². The van der Waals surface area contributed by atoms with Gasteiger partial charge < -0.3 is 0 Å². The molecule has 0 atom stereocenters. The van der Waals surface area contributed by atoms with Gasteiger partial charge in [-0.25, -0.2) is 4.79 Å². The summed E-state index contributed by atoms with van der Waals surface area (Å²) in [6.07, 6.45) is -2.54. The quantitative estimate of drug-likeness (QED) is 0.833. The summed E-state index contributed by atoms with van der Waals surface area (Å²) in [6, 6.07) is 0. The largest absolute Gasteiger partial charge is 0.330 e. The van der Waals surface area contributed by atoms with Crippen molar-refractivity contribution in [3.63, 3.8) is 0 Å². The van der Waals surface area contributed by atoms with Gasteiger partial charge in [-0.2, -0.15) is 11.8 Å². The van der Waals surface area contributed by atoms with Gasteiger partial charge in [-0.1, -0.05) is 0 Å². The first-order valence-corrected chi connectivity index (χ1v) is 6.40. The number of hydrogen-bond donors (Lipinski definition) is 0. The van der Waals surface area contributed by atoms with E-state index in [1.807, 2.05) is 0 Å². The van der Waals surface area contributed by atoms with Crippen molar-refractivity contribution >= 4 is 33.3 Å². The van der Waals surface area contributed by atoms with E-state index in [0.717, 1.165) is 15.9 Å². The van der Waals surface area contributed by atoms with Gasteiger partial charge in [0, 0.05) is 37.1 Å². The Bertz CT molecular complexity index is 862. The first kappa shape index (κ1) is 7.43. The number of fused-ring (bicyclic) bond motifs is 1. The maximum atomic E-state index is 12.2. The number of nitrogens with zero attached hydrogens (tertiary/aromatic N) is 2. The van der Waals surface area contributed by atoms with Crippen LogP contribution in [0.15, 0.2) is 9.59 Å². The highest BCUT2D eigenvalue weighted by Crippen LogP contribution is 2.29. The Morgan fingerprint density at radius 1 is 1.41 bits per heavy atom. The van der Waals surface area contributed by atoms with Gasteiger partial charge in [-0.15, -0.1) is 11.3 Å². The van der Waals surface area contributed by atoms with Crippen LogP contribution in [0.4, 0.5) is 0 Å². The number of hydrogen-bond acceptors (Lipinski definition) is 4. The Hall–Kier alpha value is -1.01. The maximum Gasteiger partial charge on any atom is 0.330 e. The van der Waals surface area contributed by atoms with Crippen LogP contribution in [0.5, 0.6) is 0 Å². The zero-order valence-electron chi connectivity index (χ0n) is 14.5. The summed E-state index contributed by atoms with van der Waals surface area (Å²) in [6.45, 7) is 1.61. The minimum atomic E-state index is -2.54. The predicted octanol–water partition coefficient (Wildman–Crippen LogP) is 1.47. The monoisotopic (exact) mass is 275 g/mol. The molecule has 92 valence electrons. The van der Waals surface area contributed by atoms with Crippen LogP contribution in [0.2, 0.25) is 0 Å². The highest BCUT2D eigenvalue weighted by Gasteiger charge is 2.16. The average Bonchev–Trinajstić information content (AvgIpc) is 2.69. The molecule has 2 rings (SSSR count). The van der Waals surface area contributed by atoms with Gasteiger partial charge in [-0.3, -0.25) is 13.9 Å². The lowest BCUT2D eigenvalue weighted by molar-refractivity contribution is 0.714. The van der Waals surface area contributed by atoms with E-state index in [4.69, 9.17) is 6.85 Å². The minimum Gasteiger partial charge on any atom is -0.295 e. The van der Waals surface area contributed by atoms with E-state index in [9.17, 15) is 9.59 Å². The number of thiophene rings is 1. The van der Waals surface area contributed by atoms with Crippen LogP contribution in [0.1, 0.15) is 17.3 Å². The summed E-state index contributed by atoms with van der Waals surface area (Å²) in [5.41, 5.74) is -3.09. The van der Waals surface area contributed by atoms with Crippen LogP contribution < -0.4 is 11.2 Å². The lowest BCUT2D eigenvalue weighted by atomic mass is 10.2. The van der Waals surface area contributed by atoms with Crippen molar-refractivity contribution in [2.45, 2.75) is 12.6 Å². The minimum absolute atomic E-state index is 0.0749. The molecule has 2 aromatic heterocycles. The van der Waals surface area contributed by atoms with E-state index < -0.39 is 23.1 Å². The topological polar surface area (TPSA) is 44.0 Å². The molecule has 0 saturated carbocycles. The van der Waals surface area contributed by atoms with Gasteiger partial charge in [-0.05, 0) is 13.1 Å². The summed E-state index contributed by atoms with van der Waals surface area (Å²) in [7, 11) is 2.79. The molecule has 4 nitrogen and oxygen atoms in total. The summed E-state index contributed by atoms with van der Waals surface area (Å²) >= 11 is 1.25. The molecule has 0 aliphatic rings. The van der Waals surface area contributed by atoms with Crippen molar-refractivity contribution in [2.24, 2.45) is 14.1 Å². The third-order valence-corrected chi connectivity index (χ3v) is 4.01. The van der Waals surface area contributed by atoms with Crippen molar-refractivity contribution in [2.75, 3.05) is 6.18 Å². The van der Waals surface area contributed by atoms with Crippen LogP contribution in [0.3, 0.4) is 0 Å². The van der Waals surface area contributed by atoms with Crippen LogP contribution in [0.25, 0.3) is 10.2 Å². The highest BCUT2D eigenvalue weighted by molar-refractivity contribution is 7.97. The van der Waals surface area contributed by atoms with Crippen molar-refractivity contribution in [1.82, 2.24) is 9.13 Å². The van der Waals surface area contributed by atoms with E-state index in [1.54, 1.807) is 6.92 Å². The second-order valence-electron chi connectivity index (χ2n) is 3.62. The Kier molecular flexibility index (Phi) is 1.90. The normalized spacial score (nSPS) is 17.2. The van der Waals surface area contributed by atoms with Crippen LogP contribution in [-0.4, -0.2) is 15.3 Å². The van der Waals surface area contributed by atoms with Gasteiger partial charge in [0.15, 0.2) is 0 Å². The average molecular weight is 275 g/mol. The van der Waals surface area contributed by atoms with Gasteiger partial charge in [0.25, 0.3) is 5.56 Å². The first-order chi connectivity index (χ1) is 9.87. The van der Waals surface area contributed by atoms with E-state index in [1.165, 1.54) is 18.7 Å². The number of rotatable bonds is 2. The molecular formula is C11H14N2O2S2. The predicted molar refractivity (Wildman–Crippen MR) is 74.3 cm³/mol. The molecule has 2 aromatic rings. The Morgan fingerprint density at radius 2 is 2.12 bits per heavy atom. The Morgan fingerprint density at radius 3 is 2.76 bits per heavy atom. The molecule has 17 heavy (non-hydrogen) atoms. The lowest BCUT2D eigenvalue weighted by Crippen LogP contribution is -2.36. The molecule has 0 N–H and O–H groups in total. The molecule has 0 bridgehead atoms. The number of aryl methyl sites for hydroxylation is 2. The molecule has 0 unspecified atom stereocenters. The molecular weight excluding hydrogens is 256 g/mol. The first-order valence-electron chi connectivity index (χ1n) is 7.26. The second kappa shape index (κ2) is 4.34. The summed E-state index contributed by atoms with van der Waals surface area (Å²) in [5, 5.41) is 0. The molecule has 0 aliphatic heterocycles. The van der Waals surface area contributed by atoms with Gasteiger partial charge in [0.05, 0.1) is 5.52 Å². The molecule has 6 heteroatoms. The van der Waals surface area contributed by atoms with E-state index in [-0.39, 0.29) is 27.5 Å². The van der Waals surface area contributed by atoms with E-state index >= 15 is 0 Å². The third kappa shape index (κ3) is 1.75. The standard InChI is InChI=1S/C11H14N2O2S2/c1-6-7(5-16-4)8-9(17-6)10(14)13(3)11(15)12(8)2/h5H2,1-4H3/i4D3,5D2. The van der Waals surface area contributed by atoms with Gasteiger partial charge >= 0.3 is 5.69 Å². The molecule has 0 fully saturated rings. The van der Waals surface area contributed by atoms with Crippen LogP contribution in [-0.2, 0) is 19.8 Å². The third-order valence-electron chi connectivity index (χ3n) is 2.62. The smallest absolute Gasteiger partial charge is 0.295 e. The van der Waals surface area contributed by atoms with E-state index in [2.05, 4.69) is 0 Å². The summed E-state index contributed by atoms with van der Waals surface area (Å²) < 4.78 is 40.4. The fraction of sp³-hybridized carbons (Fsp3) is 0.455. The zero-order chi connectivity index (χ0) is 17.0. The Labute approximate surface area is 114 Å². The summed E-state index contributed by atoms with van der Waals surface area (Å²) in [4.78, 5) is 24.7. The highest BCUT2D eigenvalue weighted by atomic mass is 32.2. The van der Waals surface area contributed by atoms with Crippen molar-refractivity contribution in [1.29, 1.82) is 0 Å². The molecule has 0 amide bonds. The number of thioether (sulfide) groups is 1. The zero-order valence-corrected chi connectivity index (χ0v) is 11.2. The van der Waals surface area contributed by atoms with Crippen molar-refractivity contribution in [3.8, 4) is 0 Å². The van der Waals surface area contributed by atoms with Gasteiger partial charge in [0.1, 0.15) is 4.70 Å². The van der Waals surface area contributed by atoms with E-state index in [0.29, 0.717) is 4.88 Å². The second-order valence-corrected chi connectivity index (χ2v) is 5.25. The van der Waals surface area contributed by atoms with Crippen LogP contribution in [0, 0.1) is 6.92 Å². The Balaban J connectivity index is 2.90. The van der Waals surface area contributed by atoms with Gasteiger partial charge in [0.2, 0.25) is 0 Å². The molecule has 0 radical (unpaired) electrons. The molecule has 2 heterocycles. The fourth-order valence-corrected chi connectivity index (χ4v) is 3.26. The maximum absolute atomic E-state index is 12.2. The van der Waals surface area contributed by atoms with Crippen molar-refractivity contribution < 1.29 is 6.85 Å². The molecule has 0 aromatic carbocycles. The lowest BCUT2D eigenvalue weighted by Gasteiger charge is -2.06. The molecule has 0 aliphatic carbocycles. The SMILES string of the molecule is [2H]C([2H])([2H])SC([2H])([2H])c1c(C)sc2c(=O)n(C)c(=O)n(C)c12. The van der Waals surface area contributed by atoms with Crippen LogP contribution >= 0.6 is 23.1 Å². The fourth-order valence-electron chi connectivity index (χ4n) is 1.73. The molecule has 0 saturated heterocycles.